The molecule has 0 atom stereocenters. The molecular weight excluding hydrogens is 296 g/mol. The molecular formula is C21H25N2O+. The predicted octanol–water partition coefficient (Wildman–Crippen LogP) is 3.97. The Kier molecular flexibility index (Phi) is 5.96. The van der Waals surface area contributed by atoms with Crippen LogP contribution in [0.4, 0.5) is 5.69 Å². The third-order valence-electron chi connectivity index (χ3n) is 3.71. The molecule has 1 N–H and O–H groups in total. The van der Waals surface area contributed by atoms with E-state index in [9.17, 15) is 5.11 Å². The maximum atomic E-state index is 9.98. The van der Waals surface area contributed by atoms with Crippen molar-refractivity contribution in [2.75, 3.05) is 33.1 Å². The minimum atomic E-state index is 0.225. The predicted molar refractivity (Wildman–Crippen MR) is 104 cm³/mol. The first kappa shape index (κ1) is 17.5. The molecule has 0 radical (unpaired) electrons. The number of aliphatic hydroxyl groups excluding tert-OH is 1. The van der Waals surface area contributed by atoms with Gasteiger partial charge in [-0.05, 0) is 47.6 Å². The molecule has 1 aromatic carbocycles. The van der Waals surface area contributed by atoms with E-state index in [0.29, 0.717) is 0 Å². The largest absolute Gasteiger partial charge is 0.508 e. The molecule has 3 heteroatoms. The molecule has 0 saturated carbocycles. The van der Waals surface area contributed by atoms with Gasteiger partial charge >= 0.3 is 0 Å². The lowest BCUT2D eigenvalue weighted by Crippen LogP contribution is -2.09. The van der Waals surface area contributed by atoms with Crippen LogP contribution < -0.4 is 4.90 Å². The van der Waals surface area contributed by atoms with Crippen LogP contribution in [0.5, 0.6) is 0 Å². The molecule has 1 aliphatic rings. The normalized spacial score (nSPS) is 14.4. The standard InChI is InChI=1S/C21H24N2O/c1-22(2)19-11-5-17(6-12-19)9-15-21(24)16-10-18-7-13-20(14-8-18)23(3)4/h5-16H,1-4H3/p+1. The third-order valence-corrected chi connectivity index (χ3v) is 3.71. The maximum Gasteiger partial charge on any atom is 0.199 e. The molecule has 1 aliphatic carbocycles. The number of aliphatic hydroxyl groups is 1. The van der Waals surface area contributed by atoms with Gasteiger partial charge in [-0.25, -0.2) is 4.58 Å². The molecule has 0 aliphatic heterocycles. The first-order chi connectivity index (χ1) is 11.5. The number of rotatable bonds is 4. The Labute approximate surface area is 144 Å². The summed E-state index contributed by atoms with van der Waals surface area (Å²) in [5, 5.41) is 9.98. The summed E-state index contributed by atoms with van der Waals surface area (Å²) in [7, 11) is 8.06. The monoisotopic (exact) mass is 321 g/mol. The van der Waals surface area contributed by atoms with E-state index in [1.54, 1.807) is 12.2 Å². The second kappa shape index (κ2) is 8.16. The zero-order chi connectivity index (χ0) is 17.5. The number of hydrogen-bond donors (Lipinski definition) is 1. The molecule has 0 heterocycles. The fourth-order valence-electron chi connectivity index (χ4n) is 2.19. The Balaban J connectivity index is 2.02. The number of hydrogen-bond acceptors (Lipinski definition) is 2. The summed E-state index contributed by atoms with van der Waals surface area (Å²) in [6.07, 6.45) is 15.4. The zero-order valence-electron chi connectivity index (χ0n) is 14.8. The fourth-order valence-corrected chi connectivity index (χ4v) is 2.19. The lowest BCUT2D eigenvalue weighted by atomic mass is 10.1. The van der Waals surface area contributed by atoms with Crippen molar-refractivity contribution >= 4 is 17.5 Å². The van der Waals surface area contributed by atoms with E-state index < -0.39 is 0 Å². The van der Waals surface area contributed by atoms with Gasteiger partial charge in [0.25, 0.3) is 0 Å². The van der Waals surface area contributed by atoms with Crippen LogP contribution in [0.1, 0.15) is 5.56 Å². The minimum Gasteiger partial charge on any atom is -0.508 e. The van der Waals surface area contributed by atoms with Crippen LogP contribution in [0.15, 0.2) is 78.1 Å². The molecule has 0 unspecified atom stereocenters. The molecule has 1 aromatic rings. The number of allylic oxidation sites excluding steroid dienone is 8. The molecule has 0 saturated heterocycles. The summed E-state index contributed by atoms with van der Waals surface area (Å²) in [5.74, 6) is 0.225. The Morgan fingerprint density at radius 1 is 1.00 bits per heavy atom. The van der Waals surface area contributed by atoms with E-state index in [2.05, 4.69) is 33.8 Å². The van der Waals surface area contributed by atoms with Crippen molar-refractivity contribution in [3.05, 3.63) is 83.7 Å². The second-order valence-electron chi connectivity index (χ2n) is 6.06. The van der Waals surface area contributed by atoms with Gasteiger partial charge in [0.05, 0.1) is 0 Å². The highest BCUT2D eigenvalue weighted by atomic mass is 16.3. The summed E-state index contributed by atoms with van der Waals surface area (Å²) in [6.45, 7) is 0. The van der Waals surface area contributed by atoms with Crippen LogP contribution >= 0.6 is 0 Å². The highest BCUT2D eigenvalue weighted by Gasteiger charge is 2.03. The van der Waals surface area contributed by atoms with Crippen molar-refractivity contribution in [2.24, 2.45) is 0 Å². The quantitative estimate of drug-likeness (QED) is 0.516. The van der Waals surface area contributed by atoms with Crippen molar-refractivity contribution in [2.45, 2.75) is 0 Å². The topological polar surface area (TPSA) is 26.5 Å². The average molecular weight is 321 g/mol. The highest BCUT2D eigenvalue weighted by molar-refractivity contribution is 6.02. The lowest BCUT2D eigenvalue weighted by Gasteiger charge is -2.11. The first-order valence-electron chi connectivity index (χ1n) is 7.92. The van der Waals surface area contributed by atoms with Gasteiger partial charge < -0.3 is 10.0 Å². The Bertz CT molecular complexity index is 736. The molecule has 124 valence electrons. The van der Waals surface area contributed by atoms with Crippen molar-refractivity contribution in [1.82, 2.24) is 0 Å². The van der Waals surface area contributed by atoms with E-state index in [-0.39, 0.29) is 5.76 Å². The molecule has 24 heavy (non-hydrogen) atoms. The van der Waals surface area contributed by atoms with Crippen molar-refractivity contribution in [3.8, 4) is 0 Å². The van der Waals surface area contributed by atoms with E-state index >= 15 is 0 Å². The maximum absolute atomic E-state index is 9.98. The summed E-state index contributed by atoms with van der Waals surface area (Å²) in [4.78, 5) is 2.06. The Hall–Kier alpha value is -2.81. The number of nitrogens with zero attached hydrogens (tertiary/aromatic N) is 2. The summed E-state index contributed by atoms with van der Waals surface area (Å²) in [5.41, 5.74) is 4.41. The van der Waals surface area contributed by atoms with Crippen LogP contribution in [0.2, 0.25) is 0 Å². The van der Waals surface area contributed by atoms with Gasteiger partial charge in [-0.3, -0.25) is 0 Å². The van der Waals surface area contributed by atoms with Gasteiger partial charge in [-0.2, -0.15) is 0 Å². The molecule has 0 spiro atoms. The van der Waals surface area contributed by atoms with Gasteiger partial charge in [0.15, 0.2) is 5.71 Å². The van der Waals surface area contributed by atoms with Crippen LogP contribution in [0, 0.1) is 0 Å². The smallest absolute Gasteiger partial charge is 0.199 e. The molecule has 3 nitrogen and oxygen atoms in total. The van der Waals surface area contributed by atoms with Gasteiger partial charge in [-0.15, -0.1) is 0 Å². The fraction of sp³-hybridized carbons (Fsp3) is 0.190. The molecule has 0 fully saturated rings. The van der Waals surface area contributed by atoms with Gasteiger partial charge in [-0.1, -0.05) is 24.3 Å². The van der Waals surface area contributed by atoms with Gasteiger partial charge in [0, 0.05) is 31.9 Å². The highest BCUT2D eigenvalue weighted by Crippen LogP contribution is 2.14. The van der Waals surface area contributed by atoms with Crippen LogP contribution in [0.25, 0.3) is 6.08 Å². The van der Waals surface area contributed by atoms with Crippen molar-refractivity contribution in [1.29, 1.82) is 0 Å². The van der Waals surface area contributed by atoms with Crippen molar-refractivity contribution in [3.63, 3.8) is 0 Å². The van der Waals surface area contributed by atoms with E-state index in [0.717, 1.165) is 22.5 Å². The van der Waals surface area contributed by atoms with Crippen LogP contribution in [-0.4, -0.2) is 43.6 Å². The SMILES string of the molecule is CN(C)c1ccc(C=CC(O)=CC=C2C=CC(=[N+](C)C)C=C2)cc1. The summed E-state index contributed by atoms with van der Waals surface area (Å²) in [6, 6.07) is 8.17. The van der Waals surface area contributed by atoms with Gasteiger partial charge in [0.2, 0.25) is 0 Å². The Morgan fingerprint density at radius 2 is 1.62 bits per heavy atom. The summed E-state index contributed by atoms with van der Waals surface area (Å²) >= 11 is 0. The molecule has 0 bridgehead atoms. The Morgan fingerprint density at radius 3 is 2.17 bits per heavy atom. The molecule has 2 rings (SSSR count). The number of anilines is 1. The van der Waals surface area contributed by atoms with E-state index in [1.807, 2.05) is 64.6 Å². The number of benzene rings is 1. The zero-order valence-corrected chi connectivity index (χ0v) is 14.8. The van der Waals surface area contributed by atoms with E-state index in [1.165, 1.54) is 0 Å². The second-order valence-corrected chi connectivity index (χ2v) is 6.06. The van der Waals surface area contributed by atoms with Crippen molar-refractivity contribution < 1.29 is 9.68 Å². The van der Waals surface area contributed by atoms with Crippen LogP contribution in [-0.2, 0) is 0 Å². The van der Waals surface area contributed by atoms with Gasteiger partial charge in [0.1, 0.15) is 19.9 Å². The molecule has 0 amide bonds. The lowest BCUT2D eigenvalue weighted by molar-refractivity contribution is -0.462. The average Bonchev–Trinajstić information content (AvgIpc) is 2.58. The van der Waals surface area contributed by atoms with E-state index in [4.69, 9.17) is 0 Å². The third kappa shape index (κ3) is 5.13. The molecule has 0 aromatic heterocycles. The van der Waals surface area contributed by atoms with Crippen LogP contribution in [0.3, 0.4) is 0 Å². The summed E-state index contributed by atoms with van der Waals surface area (Å²) < 4.78 is 2.06. The minimum absolute atomic E-state index is 0.225. The first-order valence-corrected chi connectivity index (χ1v) is 7.92.